The molecule has 1 rings (SSSR count). The molecule has 88 valence electrons. The number of hydrogen-bond acceptors (Lipinski definition) is 1. The van der Waals surface area contributed by atoms with Crippen LogP contribution < -0.4 is 0 Å². The first-order valence-electron chi connectivity index (χ1n) is 4.54. The highest BCUT2D eigenvalue weighted by molar-refractivity contribution is 14.3. The van der Waals surface area contributed by atoms with Crippen molar-refractivity contribution in [2.75, 3.05) is 0 Å². The lowest BCUT2D eigenvalue weighted by molar-refractivity contribution is 0.108. The molecule has 0 amide bonds. The summed E-state index contributed by atoms with van der Waals surface area (Å²) in [5.41, 5.74) is 5.14. The lowest BCUT2D eigenvalue weighted by Crippen LogP contribution is -2.10. The Morgan fingerprint density at radius 3 is 2.06 bits per heavy atom. The van der Waals surface area contributed by atoms with Gasteiger partial charge in [0, 0.05) is 11.1 Å². The Balaban J connectivity index is 3.68. The minimum atomic E-state index is -0.379. The van der Waals surface area contributed by atoms with Gasteiger partial charge in [0.05, 0.1) is 0 Å². The van der Waals surface area contributed by atoms with Gasteiger partial charge in [-0.1, -0.05) is 0 Å². The molecule has 0 aliphatic carbocycles. The van der Waals surface area contributed by atoms with E-state index in [4.69, 9.17) is 11.6 Å². The smallest absolute Gasteiger partial charge is 0.252 e. The zero-order valence-electron chi connectivity index (χ0n) is 9.00. The molecule has 0 saturated carbocycles. The van der Waals surface area contributed by atoms with Crippen LogP contribution in [-0.4, -0.2) is 5.24 Å². The highest BCUT2D eigenvalue weighted by Crippen LogP contribution is 2.49. The lowest BCUT2D eigenvalue weighted by atomic mass is 9.95. The highest BCUT2D eigenvalue weighted by Gasteiger charge is 2.29. The molecule has 5 heteroatoms. The van der Waals surface area contributed by atoms with Crippen LogP contribution >= 0.6 is 79.4 Å². The van der Waals surface area contributed by atoms with E-state index in [2.05, 4.69) is 74.7 Å². The van der Waals surface area contributed by atoms with Crippen LogP contribution in [0.3, 0.4) is 0 Å². The second-order valence-corrected chi connectivity index (χ2v) is 15.0. The fourth-order valence-corrected chi connectivity index (χ4v) is 3.84. The lowest BCUT2D eigenvalue weighted by Gasteiger charge is -2.21. The minimum Gasteiger partial charge on any atom is -0.276 e. The Hall–Kier alpha value is 1.37. The molecule has 0 radical (unpaired) electrons. The standard InChI is InChI=1S/C11H10ClI3O/c1-5-4-8(10(12)16)9(11(13,14)15)7(3)6(5)2/h4H,1-3H3. The first-order chi connectivity index (χ1) is 7.16. The third-order valence-electron chi connectivity index (χ3n) is 2.65. The number of hydrogen-bond donors (Lipinski definition) is 0. The van der Waals surface area contributed by atoms with Gasteiger partial charge in [-0.2, -0.15) is 0 Å². The van der Waals surface area contributed by atoms with Crippen molar-refractivity contribution in [3.63, 3.8) is 0 Å². The molecule has 0 N–H and O–H groups in total. The molecule has 16 heavy (non-hydrogen) atoms. The average molecular weight is 574 g/mol. The molecule has 0 aliphatic rings. The summed E-state index contributed by atoms with van der Waals surface area (Å²) < 4.78 is -0.157. The largest absolute Gasteiger partial charge is 0.276 e. The molecule has 0 atom stereocenters. The van der Waals surface area contributed by atoms with E-state index in [1.54, 1.807) is 0 Å². The average Bonchev–Trinajstić information content (AvgIpc) is 2.10. The van der Waals surface area contributed by atoms with Crippen LogP contribution in [-0.2, 0) is -0.565 Å². The number of halogens is 4. The molecule has 0 saturated heterocycles. The maximum absolute atomic E-state index is 11.5. The van der Waals surface area contributed by atoms with E-state index >= 15 is 0 Å². The summed E-state index contributed by atoms with van der Waals surface area (Å²) in [7, 11) is 0. The quantitative estimate of drug-likeness (QED) is 0.263. The van der Waals surface area contributed by atoms with Crippen LogP contribution in [0.5, 0.6) is 0 Å². The van der Waals surface area contributed by atoms with Gasteiger partial charge < -0.3 is 0 Å². The van der Waals surface area contributed by atoms with Gasteiger partial charge in [0.1, 0.15) is -0.565 Å². The van der Waals surface area contributed by atoms with E-state index in [-0.39, 0.29) is 4.68 Å². The zero-order valence-corrected chi connectivity index (χ0v) is 16.2. The Bertz CT molecular complexity index is 450. The van der Waals surface area contributed by atoms with E-state index in [9.17, 15) is 4.79 Å². The van der Waals surface area contributed by atoms with E-state index in [1.165, 1.54) is 5.56 Å². The maximum Gasteiger partial charge on any atom is 0.252 e. The molecule has 1 aromatic carbocycles. The molecule has 0 unspecified atom stereocenters. The van der Waals surface area contributed by atoms with Crippen LogP contribution in [0.1, 0.15) is 32.6 Å². The van der Waals surface area contributed by atoms with Crippen LogP contribution in [0.15, 0.2) is 6.07 Å². The first kappa shape index (κ1) is 15.4. The normalized spacial score (nSPS) is 11.7. The molecular formula is C11H10ClI3O. The molecule has 0 bridgehead atoms. The summed E-state index contributed by atoms with van der Waals surface area (Å²) in [6.45, 7) is 6.13. The zero-order chi connectivity index (χ0) is 12.7. The monoisotopic (exact) mass is 574 g/mol. The molecular weight excluding hydrogens is 564 g/mol. The van der Waals surface area contributed by atoms with Crippen molar-refractivity contribution in [1.82, 2.24) is 0 Å². The van der Waals surface area contributed by atoms with Crippen molar-refractivity contribution < 1.29 is 4.79 Å². The fourth-order valence-electron chi connectivity index (χ4n) is 1.60. The van der Waals surface area contributed by atoms with Crippen LogP contribution in [0.2, 0.25) is 0 Å². The minimum absolute atomic E-state index is 0.157. The van der Waals surface area contributed by atoms with Gasteiger partial charge in [0.25, 0.3) is 5.24 Å². The van der Waals surface area contributed by atoms with Gasteiger partial charge in [-0.15, -0.1) is 0 Å². The maximum atomic E-state index is 11.5. The summed E-state index contributed by atoms with van der Waals surface area (Å²) in [6, 6.07) is 1.89. The Kier molecular flexibility index (Phi) is 5.36. The molecule has 0 fully saturated rings. The number of carbonyl (C=O) groups is 1. The Labute approximate surface area is 142 Å². The van der Waals surface area contributed by atoms with Gasteiger partial charge in [-0.25, -0.2) is 0 Å². The van der Waals surface area contributed by atoms with Crippen molar-refractivity contribution in [1.29, 1.82) is 0 Å². The van der Waals surface area contributed by atoms with Gasteiger partial charge in [0.2, 0.25) is 0 Å². The van der Waals surface area contributed by atoms with Gasteiger partial charge >= 0.3 is 0 Å². The third-order valence-corrected chi connectivity index (χ3v) is 4.48. The number of benzene rings is 1. The van der Waals surface area contributed by atoms with Crippen molar-refractivity contribution in [3.05, 3.63) is 33.9 Å². The number of alkyl halides is 3. The highest BCUT2D eigenvalue weighted by atomic mass is 127. The second kappa shape index (κ2) is 5.56. The summed E-state index contributed by atoms with van der Waals surface area (Å²) in [5, 5.41) is -0.379. The first-order valence-corrected chi connectivity index (χ1v) is 8.15. The third kappa shape index (κ3) is 3.23. The number of carbonyl (C=O) groups excluding carboxylic acids is 1. The molecule has 1 aromatic rings. The van der Waals surface area contributed by atoms with E-state index in [1.807, 2.05) is 19.9 Å². The van der Waals surface area contributed by atoms with Gasteiger partial charge in [-0.3, -0.25) is 4.79 Å². The van der Waals surface area contributed by atoms with Crippen molar-refractivity contribution >= 4 is 84.6 Å². The summed E-state index contributed by atoms with van der Waals surface area (Å²) in [4.78, 5) is 11.5. The van der Waals surface area contributed by atoms with Crippen molar-refractivity contribution in [2.24, 2.45) is 0 Å². The number of aryl methyl sites for hydroxylation is 1. The molecule has 1 nitrogen and oxygen atoms in total. The summed E-state index contributed by atoms with van der Waals surface area (Å²) >= 11 is 12.6. The van der Waals surface area contributed by atoms with Crippen LogP contribution in [0.4, 0.5) is 0 Å². The molecule has 0 aliphatic heterocycles. The summed E-state index contributed by atoms with van der Waals surface area (Å²) in [6.07, 6.45) is 0. The van der Waals surface area contributed by atoms with E-state index in [0.717, 1.165) is 16.7 Å². The van der Waals surface area contributed by atoms with Crippen LogP contribution in [0, 0.1) is 20.8 Å². The molecule has 0 heterocycles. The van der Waals surface area contributed by atoms with E-state index in [0.29, 0.717) is 5.56 Å². The fraction of sp³-hybridized carbons (Fsp3) is 0.364. The summed E-state index contributed by atoms with van der Waals surface area (Å²) in [5.74, 6) is 0. The SMILES string of the molecule is Cc1cc(C(=O)Cl)c(C(I)(I)I)c(C)c1C. The Morgan fingerprint density at radius 1 is 1.19 bits per heavy atom. The number of rotatable bonds is 2. The van der Waals surface area contributed by atoms with Crippen LogP contribution in [0.25, 0.3) is 0 Å². The topological polar surface area (TPSA) is 17.1 Å². The predicted molar refractivity (Wildman–Crippen MR) is 94.6 cm³/mol. The van der Waals surface area contributed by atoms with Crippen molar-refractivity contribution in [2.45, 2.75) is 20.2 Å². The molecule has 0 spiro atoms. The van der Waals surface area contributed by atoms with E-state index < -0.39 is 0 Å². The van der Waals surface area contributed by atoms with Crippen molar-refractivity contribution in [3.8, 4) is 0 Å². The second-order valence-electron chi connectivity index (χ2n) is 3.64. The Morgan fingerprint density at radius 2 is 1.69 bits per heavy atom. The molecule has 0 aromatic heterocycles. The predicted octanol–water partition coefficient (Wildman–Crippen LogP) is 5.41. The van der Waals surface area contributed by atoms with Gasteiger partial charge in [0.15, 0.2) is 0 Å². The van der Waals surface area contributed by atoms with Gasteiger partial charge in [-0.05, 0) is 123 Å².